The fourth-order valence-corrected chi connectivity index (χ4v) is 2.91. The van der Waals surface area contributed by atoms with Gasteiger partial charge in [-0.1, -0.05) is 49.4 Å². The van der Waals surface area contributed by atoms with Gasteiger partial charge in [0, 0.05) is 18.0 Å². The number of fused-ring (bicyclic) bond motifs is 1. The number of aromatic nitrogens is 1. The second-order valence-electron chi connectivity index (χ2n) is 5.60. The van der Waals surface area contributed by atoms with Crippen molar-refractivity contribution in [2.45, 2.75) is 26.2 Å². The van der Waals surface area contributed by atoms with Gasteiger partial charge in [-0.25, -0.2) is 0 Å². The molecule has 3 rings (SSSR count). The second kappa shape index (κ2) is 5.57. The SMILES string of the molecule is Cc1ccccc1C(C)CC(=O)n1ccc2ccccc21. The molecule has 0 N–H and O–H groups in total. The number of hydrogen-bond acceptors (Lipinski definition) is 1. The highest BCUT2D eigenvalue weighted by molar-refractivity contribution is 5.92. The molecule has 1 atom stereocenters. The van der Waals surface area contributed by atoms with E-state index in [0.29, 0.717) is 6.42 Å². The topological polar surface area (TPSA) is 22.0 Å². The predicted molar refractivity (Wildman–Crippen MR) is 86.8 cm³/mol. The maximum absolute atomic E-state index is 12.6. The number of rotatable bonds is 3. The lowest BCUT2D eigenvalue weighted by atomic mass is 9.93. The van der Waals surface area contributed by atoms with E-state index in [1.807, 2.05) is 48.7 Å². The number of carbonyl (C=O) groups excluding carboxylic acids is 1. The van der Waals surface area contributed by atoms with Crippen molar-refractivity contribution in [3.63, 3.8) is 0 Å². The minimum atomic E-state index is 0.145. The standard InChI is InChI=1S/C19H19NO/c1-14-7-3-5-9-17(14)15(2)13-19(21)20-12-11-16-8-4-6-10-18(16)20/h3-12,15H,13H2,1-2H3. The van der Waals surface area contributed by atoms with Crippen LogP contribution in [0.2, 0.25) is 0 Å². The Bertz CT molecular complexity index is 785. The van der Waals surface area contributed by atoms with Crippen molar-refractivity contribution in [1.82, 2.24) is 4.57 Å². The molecular formula is C19H19NO. The van der Waals surface area contributed by atoms with Gasteiger partial charge in [0.25, 0.3) is 0 Å². The Morgan fingerprint density at radius 3 is 2.57 bits per heavy atom. The van der Waals surface area contributed by atoms with Crippen LogP contribution in [0, 0.1) is 6.92 Å². The Morgan fingerprint density at radius 2 is 1.76 bits per heavy atom. The molecule has 1 aromatic heterocycles. The molecule has 0 saturated heterocycles. The Kier molecular flexibility index (Phi) is 3.61. The van der Waals surface area contributed by atoms with E-state index in [-0.39, 0.29) is 11.8 Å². The van der Waals surface area contributed by atoms with Crippen LogP contribution in [0.25, 0.3) is 10.9 Å². The summed E-state index contributed by atoms with van der Waals surface area (Å²) in [5.74, 6) is 0.367. The van der Waals surface area contributed by atoms with Crippen molar-refractivity contribution >= 4 is 16.8 Å². The fourth-order valence-electron chi connectivity index (χ4n) is 2.91. The zero-order valence-electron chi connectivity index (χ0n) is 12.4. The van der Waals surface area contributed by atoms with E-state index in [0.717, 1.165) is 10.9 Å². The van der Waals surface area contributed by atoms with E-state index in [1.165, 1.54) is 11.1 Å². The first-order chi connectivity index (χ1) is 10.2. The average Bonchev–Trinajstić information content (AvgIpc) is 2.91. The number of hydrogen-bond donors (Lipinski definition) is 0. The van der Waals surface area contributed by atoms with Crippen LogP contribution in [0.4, 0.5) is 0 Å². The van der Waals surface area contributed by atoms with Crippen LogP contribution >= 0.6 is 0 Å². The molecule has 0 bridgehead atoms. The highest BCUT2D eigenvalue weighted by Crippen LogP contribution is 2.24. The normalized spacial score (nSPS) is 12.5. The number of nitrogens with zero attached hydrogens (tertiary/aromatic N) is 1. The minimum absolute atomic E-state index is 0.145. The summed E-state index contributed by atoms with van der Waals surface area (Å²) in [5.41, 5.74) is 3.48. The number of aryl methyl sites for hydroxylation is 1. The van der Waals surface area contributed by atoms with Gasteiger partial charge < -0.3 is 0 Å². The molecule has 1 heterocycles. The number of benzene rings is 2. The molecule has 0 aliphatic carbocycles. The van der Waals surface area contributed by atoms with Crippen LogP contribution in [0.5, 0.6) is 0 Å². The van der Waals surface area contributed by atoms with Crippen LogP contribution in [-0.4, -0.2) is 10.5 Å². The molecule has 0 amide bonds. The molecule has 106 valence electrons. The third-order valence-electron chi connectivity index (χ3n) is 4.07. The summed E-state index contributed by atoms with van der Waals surface area (Å²) in [7, 11) is 0. The first-order valence-electron chi connectivity index (χ1n) is 7.31. The minimum Gasteiger partial charge on any atom is -0.287 e. The van der Waals surface area contributed by atoms with Gasteiger partial charge >= 0.3 is 0 Å². The lowest BCUT2D eigenvalue weighted by Gasteiger charge is -2.14. The summed E-state index contributed by atoms with van der Waals surface area (Å²) in [5, 5.41) is 1.11. The van der Waals surface area contributed by atoms with Gasteiger partial charge in [0.2, 0.25) is 5.91 Å². The quantitative estimate of drug-likeness (QED) is 0.675. The van der Waals surface area contributed by atoms with E-state index in [1.54, 1.807) is 4.57 Å². The molecular weight excluding hydrogens is 258 g/mol. The lowest BCUT2D eigenvalue weighted by molar-refractivity contribution is 0.0900. The van der Waals surface area contributed by atoms with Crippen molar-refractivity contribution in [2.75, 3.05) is 0 Å². The molecule has 3 aromatic rings. The largest absolute Gasteiger partial charge is 0.287 e. The summed E-state index contributed by atoms with van der Waals surface area (Å²) in [4.78, 5) is 12.6. The van der Waals surface area contributed by atoms with E-state index in [9.17, 15) is 4.79 Å². The van der Waals surface area contributed by atoms with E-state index >= 15 is 0 Å². The maximum Gasteiger partial charge on any atom is 0.231 e. The lowest BCUT2D eigenvalue weighted by Crippen LogP contribution is -2.13. The van der Waals surface area contributed by atoms with Gasteiger partial charge in [0.15, 0.2) is 0 Å². The Labute approximate surface area is 125 Å². The van der Waals surface area contributed by atoms with Gasteiger partial charge in [-0.05, 0) is 36.1 Å². The van der Waals surface area contributed by atoms with E-state index in [2.05, 4.69) is 26.0 Å². The van der Waals surface area contributed by atoms with Crippen LogP contribution in [0.3, 0.4) is 0 Å². The van der Waals surface area contributed by atoms with Gasteiger partial charge in [0.1, 0.15) is 0 Å². The number of para-hydroxylation sites is 1. The van der Waals surface area contributed by atoms with Crippen molar-refractivity contribution in [3.05, 3.63) is 71.9 Å². The second-order valence-corrected chi connectivity index (χ2v) is 5.60. The third-order valence-corrected chi connectivity index (χ3v) is 4.07. The highest BCUT2D eigenvalue weighted by Gasteiger charge is 2.15. The summed E-state index contributed by atoms with van der Waals surface area (Å²) < 4.78 is 1.77. The average molecular weight is 277 g/mol. The van der Waals surface area contributed by atoms with E-state index in [4.69, 9.17) is 0 Å². The number of carbonyl (C=O) groups is 1. The Balaban J connectivity index is 1.85. The van der Waals surface area contributed by atoms with Crippen molar-refractivity contribution < 1.29 is 4.79 Å². The van der Waals surface area contributed by atoms with Crippen LogP contribution in [0.15, 0.2) is 60.8 Å². The molecule has 0 spiro atoms. The van der Waals surface area contributed by atoms with Crippen molar-refractivity contribution in [3.8, 4) is 0 Å². The molecule has 0 aliphatic rings. The monoisotopic (exact) mass is 277 g/mol. The van der Waals surface area contributed by atoms with Gasteiger partial charge in [-0.2, -0.15) is 0 Å². The van der Waals surface area contributed by atoms with Gasteiger partial charge in [0.05, 0.1) is 5.52 Å². The van der Waals surface area contributed by atoms with Crippen molar-refractivity contribution in [2.24, 2.45) is 0 Å². The molecule has 0 fully saturated rings. The molecule has 1 unspecified atom stereocenters. The molecule has 0 aliphatic heterocycles. The van der Waals surface area contributed by atoms with Crippen molar-refractivity contribution in [1.29, 1.82) is 0 Å². The Morgan fingerprint density at radius 1 is 1.05 bits per heavy atom. The molecule has 2 aromatic carbocycles. The van der Waals surface area contributed by atoms with Gasteiger partial charge in [-0.3, -0.25) is 9.36 Å². The van der Waals surface area contributed by atoms with Gasteiger partial charge in [-0.15, -0.1) is 0 Å². The summed E-state index contributed by atoms with van der Waals surface area (Å²) in [6.07, 6.45) is 2.39. The first-order valence-corrected chi connectivity index (χ1v) is 7.31. The smallest absolute Gasteiger partial charge is 0.231 e. The van der Waals surface area contributed by atoms with Crippen LogP contribution < -0.4 is 0 Å². The molecule has 0 radical (unpaired) electrons. The highest BCUT2D eigenvalue weighted by atomic mass is 16.2. The summed E-state index contributed by atoms with van der Waals surface area (Å²) >= 11 is 0. The van der Waals surface area contributed by atoms with Crippen LogP contribution in [0.1, 0.15) is 35.2 Å². The molecule has 21 heavy (non-hydrogen) atoms. The third kappa shape index (κ3) is 2.62. The molecule has 2 nitrogen and oxygen atoms in total. The fraction of sp³-hybridized carbons (Fsp3) is 0.211. The maximum atomic E-state index is 12.6. The molecule has 2 heteroatoms. The van der Waals surface area contributed by atoms with Crippen LogP contribution in [-0.2, 0) is 0 Å². The Hall–Kier alpha value is -2.35. The summed E-state index contributed by atoms with van der Waals surface area (Å²) in [6.45, 7) is 4.22. The van der Waals surface area contributed by atoms with E-state index < -0.39 is 0 Å². The summed E-state index contributed by atoms with van der Waals surface area (Å²) in [6, 6.07) is 18.3. The molecule has 0 saturated carbocycles. The zero-order chi connectivity index (χ0) is 14.8. The predicted octanol–water partition coefficient (Wildman–Crippen LogP) is 4.78. The first kappa shape index (κ1) is 13.6. The zero-order valence-corrected chi connectivity index (χ0v) is 12.4.